The Labute approximate surface area is 575 Å². The Morgan fingerprint density at radius 1 is 0.255 bits per heavy atom. The van der Waals surface area contributed by atoms with Gasteiger partial charge in [0.15, 0.2) is 12.2 Å². The number of ether oxygens (including phenoxy) is 4. The molecule has 0 aliphatic carbocycles. The van der Waals surface area contributed by atoms with Crippen molar-refractivity contribution >= 4 is 39.5 Å². The molecule has 17 nitrogen and oxygen atoms in total. The zero-order chi connectivity index (χ0) is 69.0. The molecule has 0 saturated carbocycles. The highest BCUT2D eigenvalue weighted by Gasteiger charge is 2.30. The van der Waals surface area contributed by atoms with Crippen LogP contribution in [0.25, 0.3) is 0 Å². The second kappa shape index (κ2) is 69.5. The molecule has 0 aromatic carbocycles. The van der Waals surface area contributed by atoms with Crippen LogP contribution >= 0.6 is 15.6 Å². The number of esters is 4. The smallest absolute Gasteiger partial charge is 0.462 e. The molecule has 94 heavy (non-hydrogen) atoms. The maximum absolute atomic E-state index is 13.1. The molecule has 3 N–H and O–H groups in total. The first-order valence-corrected chi connectivity index (χ1v) is 42.3. The molecule has 558 valence electrons. The van der Waals surface area contributed by atoms with E-state index in [-0.39, 0.29) is 25.7 Å². The van der Waals surface area contributed by atoms with Crippen molar-refractivity contribution in [3.63, 3.8) is 0 Å². The van der Waals surface area contributed by atoms with E-state index in [1.165, 1.54) is 231 Å². The third-order valence-corrected chi connectivity index (χ3v) is 19.5. The number of phosphoric acid groups is 2. The monoisotopic (exact) mass is 1380 g/mol. The van der Waals surface area contributed by atoms with Crippen LogP contribution in [0.4, 0.5) is 0 Å². The maximum Gasteiger partial charge on any atom is 0.472 e. The SMILES string of the molecule is CCCCCCCCCCCCCCCCCC(=O)OC[C@H](COP(=O)(O)OC[C@@H](O)COP(=O)(O)OC[C@@H](COC(=O)CCCCCCCCCCCCCCC)OC(=O)CCCCCCCCCCCCCCC)OC(=O)CCCCCCCCCCCCCCC. The second-order valence-electron chi connectivity index (χ2n) is 27.0. The summed E-state index contributed by atoms with van der Waals surface area (Å²) in [5.74, 6) is -2.11. The number of hydrogen-bond acceptors (Lipinski definition) is 15. The lowest BCUT2D eigenvalue weighted by Crippen LogP contribution is -2.30. The zero-order valence-electron chi connectivity index (χ0n) is 60.9. The average Bonchev–Trinajstić information content (AvgIpc) is 1.67. The van der Waals surface area contributed by atoms with Crippen LogP contribution in [0.1, 0.15) is 400 Å². The molecular formula is C75H146O17P2. The molecule has 0 aliphatic heterocycles. The highest BCUT2D eigenvalue weighted by atomic mass is 31.2. The van der Waals surface area contributed by atoms with Gasteiger partial charge in [0.05, 0.1) is 26.4 Å². The molecule has 0 spiro atoms. The van der Waals surface area contributed by atoms with E-state index in [4.69, 9.17) is 37.0 Å². The number of carbonyl (C=O) groups excluding carboxylic acids is 4. The summed E-state index contributed by atoms with van der Waals surface area (Å²) in [5.41, 5.74) is 0. The molecule has 0 aromatic heterocycles. The fourth-order valence-electron chi connectivity index (χ4n) is 11.6. The van der Waals surface area contributed by atoms with Crippen LogP contribution in [0.5, 0.6) is 0 Å². The van der Waals surface area contributed by atoms with Crippen LogP contribution in [0.15, 0.2) is 0 Å². The number of hydrogen-bond donors (Lipinski definition) is 3. The van der Waals surface area contributed by atoms with Crippen molar-refractivity contribution in [3.05, 3.63) is 0 Å². The number of rotatable bonds is 76. The predicted octanol–water partition coefficient (Wildman–Crippen LogP) is 22.2. The molecule has 2 unspecified atom stereocenters. The van der Waals surface area contributed by atoms with Gasteiger partial charge in [0.1, 0.15) is 19.3 Å². The van der Waals surface area contributed by atoms with Crippen LogP contribution in [0, 0.1) is 0 Å². The Morgan fingerprint density at radius 3 is 0.628 bits per heavy atom. The molecule has 0 bridgehead atoms. The average molecular weight is 1380 g/mol. The third kappa shape index (κ3) is 68.6. The lowest BCUT2D eigenvalue weighted by molar-refractivity contribution is -0.161. The number of unbranched alkanes of at least 4 members (excludes halogenated alkanes) is 50. The molecule has 0 saturated heterocycles. The normalized spacial score (nSPS) is 13.9. The summed E-state index contributed by atoms with van der Waals surface area (Å²) >= 11 is 0. The van der Waals surface area contributed by atoms with Gasteiger partial charge in [-0.2, -0.15) is 0 Å². The van der Waals surface area contributed by atoms with Crippen LogP contribution in [0.2, 0.25) is 0 Å². The van der Waals surface area contributed by atoms with E-state index in [9.17, 15) is 43.2 Å². The van der Waals surface area contributed by atoms with Crippen LogP contribution in [-0.2, 0) is 65.4 Å². The van der Waals surface area contributed by atoms with Crippen molar-refractivity contribution < 1.29 is 80.2 Å². The first kappa shape index (κ1) is 92.1. The van der Waals surface area contributed by atoms with E-state index >= 15 is 0 Å². The lowest BCUT2D eigenvalue weighted by atomic mass is 10.0. The minimum atomic E-state index is -4.95. The van der Waals surface area contributed by atoms with Crippen LogP contribution in [0.3, 0.4) is 0 Å². The van der Waals surface area contributed by atoms with Gasteiger partial charge in [0, 0.05) is 25.7 Å². The van der Waals surface area contributed by atoms with Crippen molar-refractivity contribution in [3.8, 4) is 0 Å². The molecule has 5 atom stereocenters. The Bertz CT molecular complexity index is 1790. The predicted molar refractivity (Wildman–Crippen MR) is 382 cm³/mol. The van der Waals surface area contributed by atoms with Crippen molar-refractivity contribution in [1.29, 1.82) is 0 Å². The van der Waals surface area contributed by atoms with Gasteiger partial charge < -0.3 is 33.8 Å². The Morgan fingerprint density at radius 2 is 0.426 bits per heavy atom. The van der Waals surface area contributed by atoms with E-state index in [0.717, 1.165) is 89.9 Å². The maximum atomic E-state index is 13.1. The topological polar surface area (TPSA) is 237 Å². The van der Waals surface area contributed by atoms with E-state index in [1.807, 2.05) is 0 Å². The van der Waals surface area contributed by atoms with Gasteiger partial charge in [-0.15, -0.1) is 0 Å². The quantitative estimate of drug-likeness (QED) is 0.0222. The molecule has 0 heterocycles. The van der Waals surface area contributed by atoms with Gasteiger partial charge in [-0.3, -0.25) is 37.3 Å². The molecule has 0 aromatic rings. The van der Waals surface area contributed by atoms with Gasteiger partial charge in [-0.05, 0) is 25.7 Å². The fourth-order valence-corrected chi connectivity index (χ4v) is 13.2. The van der Waals surface area contributed by atoms with Crippen molar-refractivity contribution in [1.82, 2.24) is 0 Å². The summed E-state index contributed by atoms with van der Waals surface area (Å²) in [4.78, 5) is 72.8. The minimum Gasteiger partial charge on any atom is -0.462 e. The molecular weight excluding hydrogens is 1230 g/mol. The Kier molecular flexibility index (Phi) is 68.1. The number of aliphatic hydroxyl groups is 1. The molecule has 0 radical (unpaired) electrons. The molecule has 0 fully saturated rings. The first-order chi connectivity index (χ1) is 45.7. The van der Waals surface area contributed by atoms with E-state index in [0.29, 0.717) is 25.7 Å². The van der Waals surface area contributed by atoms with Gasteiger partial charge in [0.25, 0.3) is 0 Å². The van der Waals surface area contributed by atoms with Crippen molar-refractivity contribution in [2.45, 2.75) is 418 Å². The van der Waals surface area contributed by atoms with Crippen molar-refractivity contribution in [2.24, 2.45) is 0 Å². The highest BCUT2D eigenvalue weighted by molar-refractivity contribution is 7.47. The highest BCUT2D eigenvalue weighted by Crippen LogP contribution is 2.45. The molecule has 0 rings (SSSR count). The lowest BCUT2D eigenvalue weighted by Gasteiger charge is -2.21. The third-order valence-electron chi connectivity index (χ3n) is 17.6. The Balaban J connectivity index is 5.25. The van der Waals surface area contributed by atoms with Gasteiger partial charge in [0.2, 0.25) is 0 Å². The van der Waals surface area contributed by atoms with E-state index < -0.39 is 97.5 Å². The zero-order valence-corrected chi connectivity index (χ0v) is 62.7. The molecule has 0 amide bonds. The number of phosphoric ester groups is 2. The van der Waals surface area contributed by atoms with Gasteiger partial charge in [-0.25, -0.2) is 9.13 Å². The van der Waals surface area contributed by atoms with Crippen LogP contribution in [-0.4, -0.2) is 96.7 Å². The summed E-state index contributed by atoms with van der Waals surface area (Å²) in [7, 11) is -9.91. The molecule has 19 heteroatoms. The number of aliphatic hydroxyl groups excluding tert-OH is 1. The van der Waals surface area contributed by atoms with Gasteiger partial charge in [-0.1, -0.05) is 349 Å². The van der Waals surface area contributed by atoms with Gasteiger partial charge >= 0.3 is 39.5 Å². The van der Waals surface area contributed by atoms with E-state index in [2.05, 4.69) is 27.7 Å². The standard InChI is InChI=1S/C75H146O17P2/c1-5-9-13-17-21-25-29-33-34-38-40-44-48-52-56-60-73(78)86-66-71(92-75(80)62-58-54-50-46-42-37-32-28-24-20-16-12-8-4)68-90-94(83,84)88-64-69(76)63-87-93(81,82)89-67-70(91-74(79)61-57-53-49-45-41-36-31-27-23-19-15-11-7-3)65-85-72(77)59-55-51-47-43-39-35-30-26-22-18-14-10-6-2/h69-71,76H,5-68H2,1-4H3,(H,81,82)(H,83,84)/t69-,70+,71+/m0/s1. The van der Waals surface area contributed by atoms with E-state index in [1.54, 1.807) is 0 Å². The summed E-state index contributed by atoms with van der Waals surface area (Å²) in [5, 5.41) is 10.6. The summed E-state index contributed by atoms with van der Waals surface area (Å²) < 4.78 is 68.5. The number of carbonyl (C=O) groups is 4. The largest absolute Gasteiger partial charge is 0.472 e. The van der Waals surface area contributed by atoms with Crippen LogP contribution < -0.4 is 0 Å². The second-order valence-corrected chi connectivity index (χ2v) is 29.9. The summed E-state index contributed by atoms with van der Waals surface area (Å²) in [6.07, 6.45) is 59.3. The summed E-state index contributed by atoms with van der Waals surface area (Å²) in [6.45, 7) is 5.00. The van der Waals surface area contributed by atoms with Crippen molar-refractivity contribution in [2.75, 3.05) is 39.6 Å². The summed E-state index contributed by atoms with van der Waals surface area (Å²) in [6, 6.07) is 0. The Hall–Kier alpha value is -1.94. The molecule has 0 aliphatic rings. The fraction of sp³-hybridized carbons (Fsp3) is 0.947. The minimum absolute atomic E-state index is 0.109. The first-order valence-electron chi connectivity index (χ1n) is 39.3.